The quantitative estimate of drug-likeness (QED) is 0.687. The third kappa shape index (κ3) is 2.63. The van der Waals surface area contributed by atoms with E-state index in [1.165, 1.54) is 42.4 Å². The van der Waals surface area contributed by atoms with E-state index in [9.17, 15) is 0 Å². The molecule has 0 aliphatic heterocycles. The third-order valence-electron chi connectivity index (χ3n) is 3.44. The van der Waals surface area contributed by atoms with E-state index < -0.39 is 0 Å². The van der Waals surface area contributed by atoms with E-state index in [4.69, 9.17) is 0 Å². The van der Waals surface area contributed by atoms with Crippen LogP contribution in [-0.2, 0) is 6.42 Å². The van der Waals surface area contributed by atoms with Crippen LogP contribution in [0, 0.1) is 6.92 Å². The van der Waals surface area contributed by atoms with Crippen LogP contribution in [0.2, 0.25) is 0 Å². The Balaban J connectivity index is 2.00. The molecule has 0 N–H and O–H groups in total. The molecule has 0 spiro atoms. The summed E-state index contributed by atoms with van der Waals surface area (Å²) in [7, 11) is 0. The van der Waals surface area contributed by atoms with E-state index in [-0.39, 0.29) is 0 Å². The van der Waals surface area contributed by atoms with Crippen LogP contribution in [0.4, 0.5) is 0 Å². The smallest absolute Gasteiger partial charge is 0.0236 e. The number of benzene rings is 1. The fraction of sp³-hybridized carbons (Fsp3) is 0.375. The maximum absolute atomic E-state index is 2.41. The zero-order valence-corrected chi connectivity index (χ0v) is 10.3. The molecule has 0 saturated carbocycles. The lowest BCUT2D eigenvalue weighted by molar-refractivity contribution is 0.890. The topological polar surface area (TPSA) is 0 Å². The molecular formula is C16H20. The minimum atomic E-state index is 1.17. The van der Waals surface area contributed by atoms with Crippen LogP contribution >= 0.6 is 0 Å². The fourth-order valence-electron chi connectivity index (χ4n) is 2.31. The molecular weight excluding hydrogens is 192 g/mol. The maximum atomic E-state index is 2.41. The summed E-state index contributed by atoms with van der Waals surface area (Å²) in [6.07, 6.45) is 9.58. The SMILES string of the molecule is CC1=CCCC=C1CCc1ccccc1C. The summed E-state index contributed by atoms with van der Waals surface area (Å²) >= 11 is 0. The number of hydrogen-bond acceptors (Lipinski definition) is 0. The van der Waals surface area contributed by atoms with Crippen molar-refractivity contribution in [2.24, 2.45) is 0 Å². The van der Waals surface area contributed by atoms with Crippen molar-refractivity contribution in [3.8, 4) is 0 Å². The second-order valence-electron chi connectivity index (χ2n) is 4.62. The second kappa shape index (κ2) is 5.16. The molecule has 1 aromatic carbocycles. The van der Waals surface area contributed by atoms with Gasteiger partial charge in [-0.1, -0.05) is 42.0 Å². The Morgan fingerprint density at radius 2 is 1.69 bits per heavy atom. The van der Waals surface area contributed by atoms with Crippen molar-refractivity contribution in [3.05, 3.63) is 58.7 Å². The molecule has 1 aliphatic carbocycles. The predicted octanol–water partition coefficient (Wildman–Crippen LogP) is 4.59. The molecule has 0 atom stereocenters. The van der Waals surface area contributed by atoms with Crippen LogP contribution in [0.1, 0.15) is 37.3 Å². The summed E-state index contributed by atoms with van der Waals surface area (Å²) in [5, 5.41) is 0. The highest BCUT2D eigenvalue weighted by Crippen LogP contribution is 2.23. The average molecular weight is 212 g/mol. The van der Waals surface area contributed by atoms with Crippen LogP contribution in [0.5, 0.6) is 0 Å². The summed E-state index contributed by atoms with van der Waals surface area (Å²) in [6.45, 7) is 4.44. The van der Waals surface area contributed by atoms with E-state index in [0.717, 1.165) is 0 Å². The first-order chi connectivity index (χ1) is 7.77. The van der Waals surface area contributed by atoms with E-state index in [2.05, 4.69) is 50.3 Å². The van der Waals surface area contributed by atoms with Crippen LogP contribution in [-0.4, -0.2) is 0 Å². The van der Waals surface area contributed by atoms with Gasteiger partial charge in [-0.15, -0.1) is 0 Å². The monoisotopic (exact) mass is 212 g/mol. The summed E-state index contributed by atoms with van der Waals surface area (Å²) in [5.41, 5.74) is 5.94. The Kier molecular flexibility index (Phi) is 3.61. The van der Waals surface area contributed by atoms with Crippen molar-refractivity contribution < 1.29 is 0 Å². The Hall–Kier alpha value is -1.30. The first-order valence-corrected chi connectivity index (χ1v) is 6.18. The number of aryl methyl sites for hydroxylation is 2. The van der Waals surface area contributed by atoms with Crippen LogP contribution in [0.3, 0.4) is 0 Å². The molecule has 16 heavy (non-hydrogen) atoms. The molecule has 0 radical (unpaired) electrons. The van der Waals surface area contributed by atoms with Crippen molar-refractivity contribution in [2.45, 2.75) is 39.5 Å². The highest BCUT2D eigenvalue weighted by Gasteiger charge is 2.05. The molecule has 0 unspecified atom stereocenters. The van der Waals surface area contributed by atoms with Gasteiger partial charge < -0.3 is 0 Å². The van der Waals surface area contributed by atoms with Gasteiger partial charge in [-0.3, -0.25) is 0 Å². The highest BCUT2D eigenvalue weighted by atomic mass is 14.1. The van der Waals surface area contributed by atoms with Gasteiger partial charge in [-0.05, 0) is 56.2 Å². The molecule has 0 aromatic heterocycles. The normalized spacial score (nSPS) is 15.6. The van der Waals surface area contributed by atoms with Crippen LogP contribution < -0.4 is 0 Å². The number of hydrogen-bond donors (Lipinski definition) is 0. The summed E-state index contributed by atoms with van der Waals surface area (Å²) in [6, 6.07) is 8.70. The molecule has 0 saturated heterocycles. The fourth-order valence-corrected chi connectivity index (χ4v) is 2.31. The van der Waals surface area contributed by atoms with Crippen molar-refractivity contribution >= 4 is 0 Å². The molecule has 1 aromatic rings. The van der Waals surface area contributed by atoms with Gasteiger partial charge in [0.2, 0.25) is 0 Å². The van der Waals surface area contributed by atoms with E-state index in [1.807, 2.05) is 0 Å². The Labute approximate surface area is 98.7 Å². The van der Waals surface area contributed by atoms with E-state index >= 15 is 0 Å². The average Bonchev–Trinajstić information content (AvgIpc) is 2.30. The molecule has 2 rings (SSSR count). The molecule has 0 bridgehead atoms. The molecule has 84 valence electrons. The molecule has 1 aliphatic rings. The van der Waals surface area contributed by atoms with Gasteiger partial charge in [0.1, 0.15) is 0 Å². The van der Waals surface area contributed by atoms with Gasteiger partial charge in [0, 0.05) is 0 Å². The number of allylic oxidation sites excluding steroid dienone is 4. The number of rotatable bonds is 3. The lowest BCUT2D eigenvalue weighted by atomic mass is 9.93. The van der Waals surface area contributed by atoms with Gasteiger partial charge in [0.15, 0.2) is 0 Å². The van der Waals surface area contributed by atoms with Crippen molar-refractivity contribution in [1.29, 1.82) is 0 Å². The second-order valence-corrected chi connectivity index (χ2v) is 4.62. The van der Waals surface area contributed by atoms with Crippen LogP contribution in [0.25, 0.3) is 0 Å². The molecule has 0 nitrogen and oxygen atoms in total. The van der Waals surface area contributed by atoms with Gasteiger partial charge >= 0.3 is 0 Å². The van der Waals surface area contributed by atoms with Crippen LogP contribution in [0.15, 0.2) is 47.6 Å². The lowest BCUT2D eigenvalue weighted by Gasteiger charge is -2.13. The highest BCUT2D eigenvalue weighted by molar-refractivity contribution is 5.34. The molecule has 0 fully saturated rings. The van der Waals surface area contributed by atoms with Gasteiger partial charge in [0.25, 0.3) is 0 Å². The largest absolute Gasteiger partial charge is 0.0810 e. The maximum Gasteiger partial charge on any atom is -0.0236 e. The Morgan fingerprint density at radius 3 is 2.44 bits per heavy atom. The zero-order chi connectivity index (χ0) is 11.4. The summed E-state index contributed by atoms with van der Waals surface area (Å²) in [4.78, 5) is 0. The van der Waals surface area contributed by atoms with Crippen molar-refractivity contribution in [3.63, 3.8) is 0 Å². The van der Waals surface area contributed by atoms with Gasteiger partial charge in [-0.25, -0.2) is 0 Å². The summed E-state index contributed by atoms with van der Waals surface area (Å²) in [5.74, 6) is 0. The first-order valence-electron chi connectivity index (χ1n) is 6.18. The van der Waals surface area contributed by atoms with Crippen molar-refractivity contribution in [2.75, 3.05) is 0 Å². The van der Waals surface area contributed by atoms with E-state index in [1.54, 1.807) is 5.57 Å². The summed E-state index contributed by atoms with van der Waals surface area (Å²) < 4.78 is 0. The predicted molar refractivity (Wildman–Crippen MR) is 70.6 cm³/mol. The molecule has 0 heteroatoms. The lowest BCUT2D eigenvalue weighted by Crippen LogP contribution is -1.96. The van der Waals surface area contributed by atoms with Gasteiger partial charge in [0.05, 0.1) is 0 Å². The minimum absolute atomic E-state index is 1.17. The molecule has 0 amide bonds. The molecule has 0 heterocycles. The Bertz CT molecular complexity index is 421. The van der Waals surface area contributed by atoms with E-state index in [0.29, 0.717) is 0 Å². The zero-order valence-electron chi connectivity index (χ0n) is 10.3. The standard InChI is InChI=1S/C16H20/c1-13-7-3-5-9-15(13)11-12-16-10-6-4-8-14(16)2/h3,5,7-10H,4,6,11-12H2,1-2H3. The minimum Gasteiger partial charge on any atom is -0.0810 e. The Morgan fingerprint density at radius 1 is 0.938 bits per heavy atom. The van der Waals surface area contributed by atoms with Crippen molar-refractivity contribution in [1.82, 2.24) is 0 Å². The first kappa shape index (κ1) is 11.2. The third-order valence-corrected chi connectivity index (χ3v) is 3.44. The van der Waals surface area contributed by atoms with Gasteiger partial charge in [-0.2, -0.15) is 0 Å².